The minimum atomic E-state index is 0.127. The predicted octanol–water partition coefficient (Wildman–Crippen LogP) is 3.96. The molecule has 0 saturated carbocycles. The zero-order valence-corrected chi connectivity index (χ0v) is 10.2. The maximum atomic E-state index is 11.0. The van der Waals surface area contributed by atoms with E-state index in [9.17, 15) is 4.79 Å². The Hall–Kier alpha value is -0.410. The molecule has 0 fully saturated rings. The lowest BCUT2D eigenvalue weighted by atomic mass is 10.1. The monoisotopic (exact) mass is 226 g/mol. The highest BCUT2D eigenvalue weighted by atomic mass is 33.1. The molecule has 1 rings (SSSR count). The Balaban J connectivity index is 2.77. The van der Waals surface area contributed by atoms with E-state index in [0.717, 1.165) is 5.56 Å². The molecule has 0 aliphatic rings. The molecule has 0 aliphatic heterocycles. The van der Waals surface area contributed by atoms with Crippen LogP contribution in [0.2, 0.25) is 0 Å². The average Bonchev–Trinajstić information content (AvgIpc) is 2.18. The minimum absolute atomic E-state index is 0.127. The molecule has 0 aliphatic carbocycles. The number of carbonyl (C=O) groups excluding carboxylic acids is 1. The largest absolute Gasteiger partial charge is 0.295 e. The predicted molar refractivity (Wildman–Crippen MR) is 66.0 cm³/mol. The summed E-state index contributed by atoms with van der Waals surface area (Å²) in [5.74, 6) is 0.127. The van der Waals surface area contributed by atoms with Gasteiger partial charge >= 0.3 is 0 Å². The third-order valence-electron chi connectivity index (χ3n) is 2.03. The first kappa shape index (κ1) is 11.7. The third-order valence-corrected chi connectivity index (χ3v) is 4.22. The summed E-state index contributed by atoms with van der Waals surface area (Å²) in [5.41, 5.74) is 2.06. The van der Waals surface area contributed by atoms with Crippen molar-refractivity contribution in [3.63, 3.8) is 0 Å². The molecule has 3 heteroatoms. The Morgan fingerprint density at radius 2 is 1.86 bits per heavy atom. The first-order valence-electron chi connectivity index (χ1n) is 4.45. The van der Waals surface area contributed by atoms with Crippen molar-refractivity contribution in [1.29, 1.82) is 0 Å². The van der Waals surface area contributed by atoms with Crippen molar-refractivity contribution in [1.82, 2.24) is 0 Å². The topological polar surface area (TPSA) is 17.1 Å². The van der Waals surface area contributed by atoms with Crippen molar-refractivity contribution in [2.75, 3.05) is 6.26 Å². The van der Waals surface area contributed by atoms with E-state index in [1.165, 1.54) is 5.56 Å². The van der Waals surface area contributed by atoms with Gasteiger partial charge in [0.05, 0.1) is 0 Å². The van der Waals surface area contributed by atoms with E-state index in [0.29, 0.717) is 5.25 Å². The van der Waals surface area contributed by atoms with Crippen molar-refractivity contribution in [2.45, 2.75) is 19.1 Å². The van der Waals surface area contributed by atoms with Gasteiger partial charge in [0.15, 0.2) is 5.78 Å². The second-order valence-corrected chi connectivity index (χ2v) is 5.89. The molecule has 1 aromatic carbocycles. The fourth-order valence-corrected chi connectivity index (χ4v) is 2.95. The van der Waals surface area contributed by atoms with Crippen LogP contribution in [0, 0.1) is 0 Å². The van der Waals surface area contributed by atoms with Crippen LogP contribution in [-0.2, 0) is 0 Å². The maximum absolute atomic E-state index is 11.0. The van der Waals surface area contributed by atoms with E-state index < -0.39 is 0 Å². The third kappa shape index (κ3) is 3.07. The highest BCUT2D eigenvalue weighted by molar-refractivity contribution is 8.76. The fourth-order valence-electron chi connectivity index (χ4n) is 1.19. The molecule has 14 heavy (non-hydrogen) atoms. The quantitative estimate of drug-likeness (QED) is 0.571. The Bertz CT molecular complexity index is 306. The number of ketones is 1. The minimum Gasteiger partial charge on any atom is -0.295 e. The van der Waals surface area contributed by atoms with Gasteiger partial charge in [0.2, 0.25) is 0 Å². The average molecular weight is 226 g/mol. The van der Waals surface area contributed by atoms with E-state index >= 15 is 0 Å². The van der Waals surface area contributed by atoms with Crippen molar-refractivity contribution < 1.29 is 4.79 Å². The van der Waals surface area contributed by atoms with Gasteiger partial charge < -0.3 is 0 Å². The van der Waals surface area contributed by atoms with E-state index in [1.807, 2.05) is 35.1 Å². The highest BCUT2D eigenvalue weighted by Gasteiger charge is 2.05. The van der Waals surface area contributed by atoms with Gasteiger partial charge in [-0.25, -0.2) is 0 Å². The smallest absolute Gasteiger partial charge is 0.159 e. The zero-order valence-electron chi connectivity index (χ0n) is 8.61. The van der Waals surface area contributed by atoms with Gasteiger partial charge in [0.25, 0.3) is 0 Å². The van der Waals surface area contributed by atoms with Gasteiger partial charge in [-0.05, 0) is 25.7 Å². The molecule has 1 unspecified atom stereocenters. The van der Waals surface area contributed by atoms with Crippen molar-refractivity contribution >= 4 is 27.4 Å². The molecule has 0 saturated heterocycles. The number of carbonyl (C=O) groups is 1. The van der Waals surface area contributed by atoms with E-state index in [2.05, 4.69) is 13.2 Å². The molecule has 0 aromatic heterocycles. The standard InChI is InChI=1S/C11H14OS2/c1-8(12)10-4-6-11(7-5-10)9(2)14-13-3/h4-7,9H,1-3H3. The van der Waals surface area contributed by atoms with Crippen molar-refractivity contribution in [2.24, 2.45) is 0 Å². The molecule has 0 heterocycles. The fraction of sp³-hybridized carbons (Fsp3) is 0.364. The summed E-state index contributed by atoms with van der Waals surface area (Å²) >= 11 is 0. The number of rotatable bonds is 4. The molecule has 0 bridgehead atoms. The van der Waals surface area contributed by atoms with Crippen LogP contribution in [0.3, 0.4) is 0 Å². The van der Waals surface area contributed by atoms with Crippen LogP contribution in [0.1, 0.15) is 35.0 Å². The van der Waals surface area contributed by atoms with E-state index in [1.54, 1.807) is 17.7 Å². The van der Waals surface area contributed by atoms with Gasteiger partial charge in [0, 0.05) is 10.8 Å². The van der Waals surface area contributed by atoms with E-state index in [-0.39, 0.29) is 5.78 Å². The van der Waals surface area contributed by atoms with Gasteiger partial charge in [-0.3, -0.25) is 4.79 Å². The normalized spacial score (nSPS) is 12.5. The summed E-state index contributed by atoms with van der Waals surface area (Å²) in [5, 5.41) is 0.478. The van der Waals surface area contributed by atoms with Crippen LogP contribution >= 0.6 is 21.6 Å². The summed E-state index contributed by atoms with van der Waals surface area (Å²) in [4.78, 5) is 11.0. The Labute approximate surface area is 93.1 Å². The second-order valence-electron chi connectivity index (χ2n) is 3.08. The van der Waals surface area contributed by atoms with Crippen LogP contribution in [0.5, 0.6) is 0 Å². The molecular formula is C11H14OS2. The lowest BCUT2D eigenvalue weighted by Crippen LogP contribution is -1.93. The van der Waals surface area contributed by atoms with Crippen LogP contribution in [0.25, 0.3) is 0 Å². The Morgan fingerprint density at radius 1 is 1.29 bits per heavy atom. The molecular weight excluding hydrogens is 212 g/mol. The van der Waals surface area contributed by atoms with Crippen molar-refractivity contribution in [3.05, 3.63) is 35.4 Å². The second kappa shape index (κ2) is 5.47. The molecule has 1 nitrogen and oxygen atoms in total. The molecule has 0 amide bonds. The number of benzene rings is 1. The van der Waals surface area contributed by atoms with Crippen LogP contribution in [-0.4, -0.2) is 12.0 Å². The van der Waals surface area contributed by atoms with Crippen molar-refractivity contribution in [3.8, 4) is 0 Å². The number of hydrogen-bond acceptors (Lipinski definition) is 3. The number of Topliss-reactive ketones (excluding diaryl/α,β-unsaturated/α-hetero) is 1. The number of hydrogen-bond donors (Lipinski definition) is 0. The Kier molecular flexibility index (Phi) is 4.55. The highest BCUT2D eigenvalue weighted by Crippen LogP contribution is 2.35. The maximum Gasteiger partial charge on any atom is 0.159 e. The summed E-state index contributed by atoms with van der Waals surface area (Å²) in [6.45, 7) is 3.76. The van der Waals surface area contributed by atoms with Gasteiger partial charge in [-0.2, -0.15) is 0 Å². The first-order valence-corrected chi connectivity index (χ1v) is 7.07. The molecule has 1 aromatic rings. The zero-order chi connectivity index (χ0) is 10.6. The molecule has 0 radical (unpaired) electrons. The summed E-state index contributed by atoms with van der Waals surface area (Å²) in [6.07, 6.45) is 2.07. The van der Waals surface area contributed by atoms with Crippen LogP contribution < -0.4 is 0 Å². The van der Waals surface area contributed by atoms with Gasteiger partial charge in [0.1, 0.15) is 0 Å². The molecule has 1 atom stereocenters. The Morgan fingerprint density at radius 3 is 2.29 bits per heavy atom. The van der Waals surface area contributed by atoms with Crippen LogP contribution in [0.4, 0.5) is 0 Å². The molecule has 0 spiro atoms. The van der Waals surface area contributed by atoms with Gasteiger partial charge in [-0.1, -0.05) is 45.9 Å². The SMILES string of the molecule is CSSC(C)c1ccc(C(C)=O)cc1. The lowest BCUT2D eigenvalue weighted by Gasteiger charge is -2.09. The summed E-state index contributed by atoms with van der Waals surface area (Å²) in [6, 6.07) is 7.86. The molecule has 0 N–H and O–H groups in total. The lowest BCUT2D eigenvalue weighted by molar-refractivity contribution is 0.101. The van der Waals surface area contributed by atoms with Gasteiger partial charge in [-0.15, -0.1) is 0 Å². The first-order chi connectivity index (χ1) is 6.65. The summed E-state index contributed by atoms with van der Waals surface area (Å²) < 4.78 is 0. The van der Waals surface area contributed by atoms with Crippen LogP contribution in [0.15, 0.2) is 24.3 Å². The molecule has 76 valence electrons. The van der Waals surface area contributed by atoms with E-state index in [4.69, 9.17) is 0 Å². The summed E-state index contributed by atoms with van der Waals surface area (Å²) in [7, 11) is 3.60.